The first-order chi connectivity index (χ1) is 20.5. The number of carbonyl (C=O) groups excluding carboxylic acids is 1. The molecule has 0 radical (unpaired) electrons. The molecule has 2 saturated heterocycles. The Morgan fingerprint density at radius 1 is 0.674 bits per heavy atom. The van der Waals surface area contributed by atoms with Gasteiger partial charge in [0, 0.05) is 74.9 Å². The SMILES string of the molecule is Cl.Fc1cnc(-c2ccc(N3CCNCC3)cc2)nc1.O=C(CCl)N1CCN(c2ccc(-c3ncc(F)cn3)cc2)CC1. The highest BCUT2D eigenvalue weighted by Crippen LogP contribution is 2.22. The molecule has 2 aromatic carbocycles. The fourth-order valence-corrected chi connectivity index (χ4v) is 4.96. The van der Waals surface area contributed by atoms with Gasteiger partial charge in [0.05, 0.1) is 24.8 Å². The summed E-state index contributed by atoms with van der Waals surface area (Å²) in [7, 11) is 0. The van der Waals surface area contributed by atoms with Crippen LogP contribution in [0.4, 0.5) is 20.2 Å². The first kappa shape index (κ1) is 32.0. The number of anilines is 2. The van der Waals surface area contributed by atoms with Crippen molar-refractivity contribution in [1.82, 2.24) is 30.2 Å². The minimum atomic E-state index is -0.449. The third kappa shape index (κ3) is 8.56. The summed E-state index contributed by atoms with van der Waals surface area (Å²) < 4.78 is 25.6. The van der Waals surface area contributed by atoms with Gasteiger partial charge in [-0.1, -0.05) is 0 Å². The summed E-state index contributed by atoms with van der Waals surface area (Å²) in [6.07, 6.45) is 4.69. The molecule has 6 rings (SSSR count). The van der Waals surface area contributed by atoms with E-state index in [1.54, 1.807) is 4.90 Å². The average molecular weight is 630 g/mol. The summed E-state index contributed by atoms with van der Waals surface area (Å²) in [5.41, 5.74) is 4.02. The Morgan fingerprint density at radius 3 is 1.47 bits per heavy atom. The maximum atomic E-state index is 12.9. The predicted molar refractivity (Wildman–Crippen MR) is 167 cm³/mol. The predicted octanol–water partition coefficient (Wildman–Crippen LogP) is 4.28. The third-order valence-electron chi connectivity index (χ3n) is 7.09. The summed E-state index contributed by atoms with van der Waals surface area (Å²) in [6, 6.07) is 15.9. The zero-order valence-electron chi connectivity index (χ0n) is 23.4. The highest BCUT2D eigenvalue weighted by molar-refractivity contribution is 6.27. The number of hydrogen-bond acceptors (Lipinski definition) is 8. The van der Waals surface area contributed by atoms with Gasteiger partial charge >= 0.3 is 0 Å². The van der Waals surface area contributed by atoms with Crippen LogP contribution in [0.15, 0.2) is 73.3 Å². The molecule has 0 spiro atoms. The van der Waals surface area contributed by atoms with Gasteiger partial charge in [-0.3, -0.25) is 4.79 Å². The number of nitrogens with zero attached hydrogens (tertiary/aromatic N) is 7. The molecule has 226 valence electrons. The van der Waals surface area contributed by atoms with Crippen molar-refractivity contribution in [2.45, 2.75) is 0 Å². The van der Waals surface area contributed by atoms with E-state index >= 15 is 0 Å². The van der Waals surface area contributed by atoms with Crippen molar-refractivity contribution >= 4 is 41.3 Å². The highest BCUT2D eigenvalue weighted by atomic mass is 35.5. The average Bonchev–Trinajstić information content (AvgIpc) is 3.06. The van der Waals surface area contributed by atoms with Crippen molar-refractivity contribution in [2.24, 2.45) is 0 Å². The molecule has 43 heavy (non-hydrogen) atoms. The molecule has 9 nitrogen and oxygen atoms in total. The fourth-order valence-electron chi connectivity index (χ4n) is 4.79. The van der Waals surface area contributed by atoms with Crippen LogP contribution in [0.1, 0.15) is 0 Å². The Bertz CT molecular complexity index is 1430. The Balaban J connectivity index is 0.000000195. The second-order valence-electron chi connectivity index (χ2n) is 9.78. The van der Waals surface area contributed by atoms with Gasteiger partial charge in [0.1, 0.15) is 5.88 Å². The number of alkyl halides is 1. The Hall–Kier alpha value is -3.93. The van der Waals surface area contributed by atoms with Crippen LogP contribution >= 0.6 is 24.0 Å². The molecule has 0 saturated carbocycles. The van der Waals surface area contributed by atoms with Crippen LogP contribution in [0, 0.1) is 11.6 Å². The third-order valence-corrected chi connectivity index (χ3v) is 7.31. The quantitative estimate of drug-likeness (QED) is 0.328. The topological polar surface area (TPSA) is 90.4 Å². The number of piperazine rings is 2. The van der Waals surface area contributed by atoms with Gasteiger partial charge in [0.2, 0.25) is 5.91 Å². The van der Waals surface area contributed by atoms with E-state index in [-0.39, 0.29) is 24.2 Å². The molecular formula is C30H32Cl2F2N8O. The van der Waals surface area contributed by atoms with Crippen LogP contribution < -0.4 is 15.1 Å². The molecule has 13 heteroatoms. The molecule has 2 aliphatic heterocycles. The molecule has 2 aliphatic rings. The summed E-state index contributed by atoms with van der Waals surface area (Å²) in [6.45, 7) is 6.97. The van der Waals surface area contributed by atoms with Crippen molar-refractivity contribution in [3.05, 3.63) is 85.0 Å². The van der Waals surface area contributed by atoms with Crippen molar-refractivity contribution in [3.63, 3.8) is 0 Å². The van der Waals surface area contributed by atoms with Gasteiger partial charge < -0.3 is 20.0 Å². The number of hydrogen-bond donors (Lipinski definition) is 1. The van der Waals surface area contributed by atoms with Crippen molar-refractivity contribution in [3.8, 4) is 22.8 Å². The molecule has 4 heterocycles. The zero-order chi connectivity index (χ0) is 29.3. The molecule has 0 aliphatic carbocycles. The van der Waals surface area contributed by atoms with Crippen LogP contribution in [-0.4, -0.2) is 89.0 Å². The van der Waals surface area contributed by atoms with Crippen LogP contribution in [0.25, 0.3) is 22.8 Å². The second-order valence-corrected chi connectivity index (χ2v) is 10.0. The summed E-state index contributed by atoms with van der Waals surface area (Å²) in [4.78, 5) is 33.8. The van der Waals surface area contributed by atoms with E-state index in [0.717, 1.165) is 68.5 Å². The van der Waals surface area contributed by atoms with Gasteiger partial charge in [0.25, 0.3) is 0 Å². The minimum Gasteiger partial charge on any atom is -0.369 e. The maximum Gasteiger partial charge on any atom is 0.237 e. The summed E-state index contributed by atoms with van der Waals surface area (Å²) in [5.74, 6) is 0.196. The molecule has 0 atom stereocenters. The molecule has 0 bridgehead atoms. The van der Waals surface area contributed by atoms with E-state index in [2.05, 4.69) is 47.2 Å². The number of carbonyl (C=O) groups is 1. The maximum absolute atomic E-state index is 12.9. The lowest BCUT2D eigenvalue weighted by Crippen LogP contribution is -2.49. The number of aromatic nitrogens is 4. The van der Waals surface area contributed by atoms with Crippen molar-refractivity contribution in [1.29, 1.82) is 0 Å². The van der Waals surface area contributed by atoms with E-state index in [1.165, 1.54) is 18.1 Å². The van der Waals surface area contributed by atoms with Crippen molar-refractivity contribution < 1.29 is 13.6 Å². The highest BCUT2D eigenvalue weighted by Gasteiger charge is 2.20. The van der Waals surface area contributed by atoms with E-state index < -0.39 is 11.6 Å². The number of rotatable bonds is 5. The minimum absolute atomic E-state index is 0. The normalized spacial score (nSPS) is 14.8. The lowest BCUT2D eigenvalue weighted by Gasteiger charge is -2.35. The van der Waals surface area contributed by atoms with E-state index in [0.29, 0.717) is 24.7 Å². The Morgan fingerprint density at radius 2 is 1.07 bits per heavy atom. The Kier molecular flexibility index (Phi) is 11.5. The summed E-state index contributed by atoms with van der Waals surface area (Å²) in [5, 5.41) is 3.33. The van der Waals surface area contributed by atoms with Gasteiger partial charge in [-0.25, -0.2) is 28.7 Å². The molecule has 1 N–H and O–H groups in total. The van der Waals surface area contributed by atoms with Gasteiger partial charge in [0.15, 0.2) is 23.3 Å². The first-order valence-electron chi connectivity index (χ1n) is 13.7. The molecular weight excluding hydrogens is 597 g/mol. The zero-order valence-corrected chi connectivity index (χ0v) is 24.9. The molecule has 2 fully saturated rings. The van der Waals surface area contributed by atoms with Gasteiger partial charge in [-0.2, -0.15) is 0 Å². The number of amides is 1. The summed E-state index contributed by atoms with van der Waals surface area (Å²) >= 11 is 5.58. The lowest BCUT2D eigenvalue weighted by molar-refractivity contribution is -0.128. The number of nitrogens with one attached hydrogen (secondary N) is 1. The lowest BCUT2D eigenvalue weighted by atomic mass is 10.1. The molecule has 4 aromatic rings. The van der Waals surface area contributed by atoms with E-state index in [1.807, 2.05) is 36.4 Å². The largest absolute Gasteiger partial charge is 0.369 e. The van der Waals surface area contributed by atoms with Gasteiger partial charge in [-0.05, 0) is 48.5 Å². The fraction of sp³-hybridized carbons (Fsp3) is 0.300. The number of benzene rings is 2. The van der Waals surface area contributed by atoms with Crippen molar-refractivity contribution in [2.75, 3.05) is 68.0 Å². The molecule has 1 amide bonds. The van der Waals surface area contributed by atoms with Crippen LogP contribution in [0.5, 0.6) is 0 Å². The first-order valence-corrected chi connectivity index (χ1v) is 14.2. The van der Waals surface area contributed by atoms with Crippen LogP contribution in [0.3, 0.4) is 0 Å². The second kappa shape index (κ2) is 15.5. The van der Waals surface area contributed by atoms with Crippen LogP contribution in [-0.2, 0) is 4.79 Å². The monoisotopic (exact) mass is 628 g/mol. The van der Waals surface area contributed by atoms with E-state index in [4.69, 9.17) is 11.6 Å². The Labute approximate surface area is 260 Å². The molecule has 2 aromatic heterocycles. The number of halogens is 4. The van der Waals surface area contributed by atoms with Crippen LogP contribution in [0.2, 0.25) is 0 Å². The van der Waals surface area contributed by atoms with Gasteiger partial charge in [-0.15, -0.1) is 24.0 Å². The molecule has 0 unspecified atom stereocenters. The standard InChI is InChI=1S/C16H16ClFN4O.C14H15FN4.ClH/c17-9-15(23)22-7-5-21(6-8-22)14-3-1-12(2-4-14)16-19-10-13(18)11-20-16;15-12-9-17-14(18-10-12)11-1-3-13(4-2-11)19-7-5-16-6-8-19;/h1-4,10-11H,5-9H2;1-4,9-10,16H,5-8H2;1H. The van der Waals surface area contributed by atoms with E-state index in [9.17, 15) is 13.6 Å². The smallest absolute Gasteiger partial charge is 0.237 e.